The summed E-state index contributed by atoms with van der Waals surface area (Å²) in [5, 5.41) is 13.8. The third kappa shape index (κ3) is 1.87. The van der Waals surface area contributed by atoms with E-state index in [4.69, 9.17) is 10.9 Å². The Morgan fingerprint density at radius 2 is 2.13 bits per heavy atom. The van der Waals surface area contributed by atoms with E-state index in [-0.39, 0.29) is 11.9 Å². The van der Waals surface area contributed by atoms with Crippen molar-refractivity contribution in [1.29, 1.82) is 0 Å². The van der Waals surface area contributed by atoms with Gasteiger partial charge in [-0.2, -0.15) is 0 Å². The van der Waals surface area contributed by atoms with Crippen LogP contribution < -0.4 is 5.73 Å². The van der Waals surface area contributed by atoms with Crippen LogP contribution in [0.25, 0.3) is 0 Å². The molecule has 0 spiro atoms. The summed E-state index contributed by atoms with van der Waals surface area (Å²) >= 11 is 1.58. The van der Waals surface area contributed by atoms with Gasteiger partial charge in [0, 0.05) is 17.3 Å². The fourth-order valence-electron chi connectivity index (χ4n) is 1.47. The summed E-state index contributed by atoms with van der Waals surface area (Å²) in [5.74, 6) is 0.189. The van der Waals surface area contributed by atoms with Gasteiger partial charge in [-0.3, -0.25) is 0 Å². The highest BCUT2D eigenvalue weighted by Crippen LogP contribution is 2.23. The number of hydrogen-bond donors (Lipinski definition) is 2. The van der Waals surface area contributed by atoms with Crippen molar-refractivity contribution in [3.05, 3.63) is 46.9 Å². The first-order chi connectivity index (χ1) is 7.33. The zero-order valence-corrected chi connectivity index (χ0v) is 8.76. The monoisotopic (exact) mass is 221 g/mol. The molecule has 0 unspecified atom stereocenters. The van der Waals surface area contributed by atoms with Gasteiger partial charge in [0.2, 0.25) is 0 Å². The largest absolute Gasteiger partial charge is 0.409 e. The molecule has 0 amide bonds. The van der Waals surface area contributed by atoms with Gasteiger partial charge in [-0.25, -0.2) is 0 Å². The molecule has 0 aliphatic carbocycles. The van der Waals surface area contributed by atoms with E-state index in [9.17, 15) is 0 Å². The zero-order chi connectivity index (χ0) is 10.7. The first-order valence-electron chi connectivity index (χ1n) is 4.46. The molecule has 5 heteroatoms. The number of thiophene rings is 1. The van der Waals surface area contributed by atoms with Crippen LogP contribution in [-0.4, -0.2) is 15.6 Å². The molecule has 0 aromatic carbocycles. The van der Waals surface area contributed by atoms with E-state index in [1.165, 1.54) is 0 Å². The van der Waals surface area contributed by atoms with Crippen LogP contribution >= 0.6 is 11.3 Å². The van der Waals surface area contributed by atoms with Gasteiger partial charge in [0.15, 0.2) is 5.84 Å². The van der Waals surface area contributed by atoms with E-state index in [0.29, 0.717) is 0 Å². The van der Waals surface area contributed by atoms with Crippen molar-refractivity contribution in [1.82, 2.24) is 4.57 Å². The number of nitrogens with zero attached hydrogens (tertiary/aromatic N) is 2. The van der Waals surface area contributed by atoms with Crippen molar-refractivity contribution < 1.29 is 5.21 Å². The molecular weight excluding hydrogens is 210 g/mol. The SMILES string of the molecule is NC(=NO)[C@H](c1cccs1)n1cccc1. The second kappa shape index (κ2) is 4.18. The first kappa shape index (κ1) is 9.79. The van der Waals surface area contributed by atoms with E-state index in [1.807, 2.05) is 46.6 Å². The van der Waals surface area contributed by atoms with E-state index in [0.717, 1.165) is 4.88 Å². The molecule has 78 valence electrons. The number of aromatic nitrogens is 1. The smallest absolute Gasteiger partial charge is 0.167 e. The molecule has 15 heavy (non-hydrogen) atoms. The Labute approximate surface area is 91.3 Å². The predicted molar refractivity (Wildman–Crippen MR) is 60.3 cm³/mol. The lowest BCUT2D eigenvalue weighted by Gasteiger charge is -2.15. The highest BCUT2D eigenvalue weighted by molar-refractivity contribution is 7.10. The summed E-state index contributed by atoms with van der Waals surface area (Å²) in [4.78, 5) is 1.04. The normalized spacial score (nSPS) is 14.0. The van der Waals surface area contributed by atoms with Gasteiger partial charge in [-0.1, -0.05) is 11.2 Å². The Morgan fingerprint density at radius 1 is 1.40 bits per heavy atom. The highest BCUT2D eigenvalue weighted by atomic mass is 32.1. The minimum absolute atomic E-state index is 0.189. The van der Waals surface area contributed by atoms with Gasteiger partial charge < -0.3 is 15.5 Å². The van der Waals surface area contributed by atoms with Crippen molar-refractivity contribution in [2.75, 3.05) is 0 Å². The summed E-state index contributed by atoms with van der Waals surface area (Å²) in [6.45, 7) is 0. The molecule has 0 saturated heterocycles. The summed E-state index contributed by atoms with van der Waals surface area (Å²) in [6, 6.07) is 7.51. The summed E-state index contributed by atoms with van der Waals surface area (Å²) in [7, 11) is 0. The summed E-state index contributed by atoms with van der Waals surface area (Å²) in [5.41, 5.74) is 5.69. The van der Waals surface area contributed by atoms with Crippen molar-refractivity contribution in [2.45, 2.75) is 6.04 Å². The minimum atomic E-state index is -0.218. The van der Waals surface area contributed by atoms with Gasteiger partial charge in [0.05, 0.1) is 0 Å². The minimum Gasteiger partial charge on any atom is -0.409 e. The van der Waals surface area contributed by atoms with Gasteiger partial charge in [-0.05, 0) is 23.6 Å². The fraction of sp³-hybridized carbons (Fsp3) is 0.100. The van der Waals surface area contributed by atoms with Gasteiger partial charge in [-0.15, -0.1) is 11.3 Å². The molecule has 2 aromatic rings. The number of hydrogen-bond acceptors (Lipinski definition) is 3. The molecule has 2 heterocycles. The van der Waals surface area contributed by atoms with Crippen LogP contribution in [0, 0.1) is 0 Å². The van der Waals surface area contributed by atoms with Crippen molar-refractivity contribution in [3.63, 3.8) is 0 Å². The van der Waals surface area contributed by atoms with Crippen LogP contribution in [0.2, 0.25) is 0 Å². The Kier molecular flexibility index (Phi) is 2.73. The van der Waals surface area contributed by atoms with Crippen LogP contribution in [0.1, 0.15) is 10.9 Å². The van der Waals surface area contributed by atoms with Gasteiger partial charge >= 0.3 is 0 Å². The Morgan fingerprint density at radius 3 is 2.67 bits per heavy atom. The molecule has 2 rings (SSSR count). The predicted octanol–water partition coefficient (Wildman–Crippen LogP) is 1.89. The maximum absolute atomic E-state index is 8.76. The van der Waals surface area contributed by atoms with Crippen molar-refractivity contribution in [3.8, 4) is 0 Å². The van der Waals surface area contributed by atoms with E-state index in [2.05, 4.69) is 5.16 Å². The van der Waals surface area contributed by atoms with Crippen LogP contribution in [-0.2, 0) is 0 Å². The van der Waals surface area contributed by atoms with Crippen molar-refractivity contribution >= 4 is 17.2 Å². The Balaban J connectivity index is 2.42. The molecular formula is C10H11N3OS. The van der Waals surface area contributed by atoms with Crippen LogP contribution in [0.3, 0.4) is 0 Å². The van der Waals surface area contributed by atoms with Crippen molar-refractivity contribution in [2.24, 2.45) is 10.9 Å². The summed E-state index contributed by atoms with van der Waals surface area (Å²) in [6.07, 6.45) is 3.78. The highest BCUT2D eigenvalue weighted by Gasteiger charge is 2.18. The lowest BCUT2D eigenvalue weighted by molar-refractivity contribution is 0.315. The molecule has 0 radical (unpaired) electrons. The van der Waals surface area contributed by atoms with E-state index in [1.54, 1.807) is 11.3 Å². The zero-order valence-electron chi connectivity index (χ0n) is 7.95. The number of oxime groups is 1. The molecule has 0 saturated carbocycles. The maximum Gasteiger partial charge on any atom is 0.167 e. The van der Waals surface area contributed by atoms with E-state index >= 15 is 0 Å². The number of rotatable bonds is 3. The topological polar surface area (TPSA) is 63.5 Å². The number of amidine groups is 1. The molecule has 2 aromatic heterocycles. The van der Waals surface area contributed by atoms with Gasteiger partial charge in [0.1, 0.15) is 6.04 Å². The van der Waals surface area contributed by atoms with Crippen LogP contribution in [0.4, 0.5) is 0 Å². The lowest BCUT2D eigenvalue weighted by atomic mass is 10.2. The first-order valence-corrected chi connectivity index (χ1v) is 5.34. The summed E-state index contributed by atoms with van der Waals surface area (Å²) < 4.78 is 1.90. The molecule has 0 aliphatic heterocycles. The maximum atomic E-state index is 8.76. The Bertz CT molecular complexity index is 399. The number of nitrogens with two attached hydrogens (primary N) is 1. The van der Waals surface area contributed by atoms with E-state index < -0.39 is 0 Å². The third-order valence-corrected chi connectivity index (χ3v) is 3.06. The standard InChI is InChI=1S/C10H11N3OS/c11-10(12-14)9(8-4-3-7-15-8)13-5-1-2-6-13/h1-7,9,14H,(H2,11,12)/t9-/m0/s1. The van der Waals surface area contributed by atoms with Gasteiger partial charge in [0.25, 0.3) is 0 Å². The lowest BCUT2D eigenvalue weighted by Crippen LogP contribution is -2.26. The molecule has 0 bridgehead atoms. The second-order valence-corrected chi connectivity index (χ2v) is 4.05. The molecule has 3 N–H and O–H groups in total. The quantitative estimate of drug-likeness (QED) is 0.360. The fourth-order valence-corrected chi connectivity index (χ4v) is 2.31. The van der Waals surface area contributed by atoms with Crippen LogP contribution in [0.5, 0.6) is 0 Å². The molecule has 0 aliphatic rings. The second-order valence-electron chi connectivity index (χ2n) is 3.07. The van der Waals surface area contributed by atoms with Crippen LogP contribution in [0.15, 0.2) is 47.2 Å². The average molecular weight is 221 g/mol. The average Bonchev–Trinajstić information content (AvgIpc) is 2.90. The molecule has 1 atom stereocenters. The molecule has 4 nitrogen and oxygen atoms in total. The third-order valence-electron chi connectivity index (χ3n) is 2.13. The molecule has 0 fully saturated rings. The Hall–Kier alpha value is -1.75.